The fourth-order valence-electron chi connectivity index (χ4n) is 3.66. The van der Waals surface area contributed by atoms with Crippen LogP contribution in [0.25, 0.3) is 0 Å². The summed E-state index contributed by atoms with van der Waals surface area (Å²) < 4.78 is 0. The smallest absolute Gasteiger partial charge is 0.238 e. The highest BCUT2D eigenvalue weighted by molar-refractivity contribution is 5.92. The van der Waals surface area contributed by atoms with E-state index in [1.807, 2.05) is 31.2 Å². The minimum Gasteiger partial charge on any atom is -0.327 e. The molecule has 3 atom stereocenters. The van der Waals surface area contributed by atoms with E-state index in [2.05, 4.69) is 10.2 Å². The third-order valence-electron chi connectivity index (χ3n) is 4.66. The van der Waals surface area contributed by atoms with Gasteiger partial charge in [0.05, 0.1) is 6.54 Å². The molecule has 0 bridgehead atoms. The second-order valence-corrected chi connectivity index (χ2v) is 6.28. The van der Waals surface area contributed by atoms with Crippen LogP contribution in [0.3, 0.4) is 0 Å². The molecule has 1 aliphatic carbocycles. The number of benzene rings is 1. The molecule has 0 aromatic heterocycles. The highest BCUT2D eigenvalue weighted by atomic mass is 16.2. The van der Waals surface area contributed by atoms with Crippen LogP contribution in [0, 0.1) is 18.8 Å². The highest BCUT2D eigenvalue weighted by Gasteiger charge is 2.41. The van der Waals surface area contributed by atoms with Gasteiger partial charge >= 0.3 is 0 Å². The number of nitrogens with two attached hydrogens (primary N) is 1. The summed E-state index contributed by atoms with van der Waals surface area (Å²) in [7, 11) is 0. The molecule has 1 saturated heterocycles. The number of amides is 1. The highest BCUT2D eigenvalue weighted by Crippen LogP contribution is 2.36. The Morgan fingerprint density at radius 2 is 2.25 bits per heavy atom. The number of rotatable bonds is 3. The van der Waals surface area contributed by atoms with Crippen molar-refractivity contribution in [3.8, 4) is 0 Å². The van der Waals surface area contributed by atoms with Crippen molar-refractivity contribution in [3.63, 3.8) is 0 Å². The van der Waals surface area contributed by atoms with Crippen LogP contribution in [0.2, 0.25) is 0 Å². The average Bonchev–Trinajstić information content (AvgIpc) is 2.92. The Labute approximate surface area is 120 Å². The molecular formula is C16H23N3O. The van der Waals surface area contributed by atoms with Gasteiger partial charge in [0.25, 0.3) is 0 Å². The number of fused-ring (bicyclic) bond motifs is 1. The van der Waals surface area contributed by atoms with Crippen molar-refractivity contribution in [1.29, 1.82) is 0 Å². The maximum atomic E-state index is 12.1. The molecule has 4 nitrogen and oxygen atoms in total. The summed E-state index contributed by atoms with van der Waals surface area (Å²) >= 11 is 0. The van der Waals surface area contributed by atoms with Gasteiger partial charge < -0.3 is 11.1 Å². The van der Waals surface area contributed by atoms with Gasteiger partial charge in [-0.1, -0.05) is 12.1 Å². The van der Waals surface area contributed by atoms with Gasteiger partial charge in [0.15, 0.2) is 0 Å². The first-order valence-corrected chi connectivity index (χ1v) is 7.46. The average molecular weight is 273 g/mol. The number of hydrogen-bond donors (Lipinski definition) is 2. The lowest BCUT2D eigenvalue weighted by Crippen LogP contribution is -2.34. The summed E-state index contributed by atoms with van der Waals surface area (Å²) in [5, 5.41) is 2.97. The molecule has 20 heavy (non-hydrogen) atoms. The Bertz CT molecular complexity index is 502. The first-order valence-electron chi connectivity index (χ1n) is 7.46. The first kappa shape index (κ1) is 13.6. The van der Waals surface area contributed by atoms with Gasteiger partial charge in [0.2, 0.25) is 5.91 Å². The van der Waals surface area contributed by atoms with E-state index in [0.717, 1.165) is 30.8 Å². The molecule has 1 aliphatic heterocycles. The summed E-state index contributed by atoms with van der Waals surface area (Å²) in [5.41, 5.74) is 8.16. The van der Waals surface area contributed by atoms with Crippen molar-refractivity contribution in [2.75, 3.05) is 25.0 Å². The fraction of sp³-hybridized carbons (Fsp3) is 0.562. The van der Waals surface area contributed by atoms with Gasteiger partial charge in [0, 0.05) is 24.8 Å². The predicted molar refractivity (Wildman–Crippen MR) is 80.4 cm³/mol. The Balaban J connectivity index is 1.53. The van der Waals surface area contributed by atoms with Crippen LogP contribution < -0.4 is 11.1 Å². The Morgan fingerprint density at radius 1 is 1.40 bits per heavy atom. The number of hydrogen-bond acceptors (Lipinski definition) is 3. The third kappa shape index (κ3) is 2.86. The van der Waals surface area contributed by atoms with E-state index in [9.17, 15) is 4.79 Å². The molecular weight excluding hydrogens is 250 g/mol. The van der Waals surface area contributed by atoms with Crippen LogP contribution in [0.4, 0.5) is 5.69 Å². The summed E-state index contributed by atoms with van der Waals surface area (Å²) in [6.07, 6.45) is 2.38. The number of aryl methyl sites for hydroxylation is 1. The van der Waals surface area contributed by atoms with E-state index >= 15 is 0 Å². The molecule has 1 aromatic rings. The molecule has 1 heterocycles. The molecule has 1 aromatic carbocycles. The molecule has 3 rings (SSSR count). The van der Waals surface area contributed by atoms with Crippen molar-refractivity contribution >= 4 is 11.6 Å². The van der Waals surface area contributed by atoms with Gasteiger partial charge in [-0.2, -0.15) is 0 Å². The van der Waals surface area contributed by atoms with Gasteiger partial charge in [0.1, 0.15) is 0 Å². The SMILES string of the molecule is Cc1cccc(NC(=O)CN2CC3CCC(N)C3C2)c1. The number of carbonyl (C=O) groups is 1. The molecule has 4 heteroatoms. The van der Waals surface area contributed by atoms with E-state index in [4.69, 9.17) is 5.73 Å². The predicted octanol–water partition coefficient (Wildman–Crippen LogP) is 1.60. The fourth-order valence-corrected chi connectivity index (χ4v) is 3.66. The second kappa shape index (κ2) is 5.54. The minimum atomic E-state index is 0.0733. The molecule has 108 valence electrons. The van der Waals surface area contributed by atoms with E-state index in [1.165, 1.54) is 6.42 Å². The van der Waals surface area contributed by atoms with E-state index in [0.29, 0.717) is 24.4 Å². The standard InChI is InChI=1S/C16H23N3O/c1-11-3-2-4-13(7-11)18-16(20)10-19-8-12-5-6-15(17)14(12)9-19/h2-4,7,12,14-15H,5-6,8-10,17H2,1H3,(H,18,20). The second-order valence-electron chi connectivity index (χ2n) is 6.28. The van der Waals surface area contributed by atoms with Crippen LogP contribution in [0.1, 0.15) is 18.4 Å². The van der Waals surface area contributed by atoms with Crippen LogP contribution in [-0.2, 0) is 4.79 Å². The number of nitrogens with one attached hydrogen (secondary N) is 1. The summed E-state index contributed by atoms with van der Waals surface area (Å²) in [6.45, 7) is 4.51. The van der Waals surface area contributed by atoms with Crippen molar-refractivity contribution < 1.29 is 4.79 Å². The van der Waals surface area contributed by atoms with Gasteiger partial charge in [-0.15, -0.1) is 0 Å². The summed E-state index contributed by atoms with van der Waals surface area (Å²) in [6, 6.07) is 8.25. The van der Waals surface area contributed by atoms with E-state index < -0.39 is 0 Å². The summed E-state index contributed by atoms with van der Waals surface area (Å²) in [5.74, 6) is 1.38. The Kier molecular flexibility index (Phi) is 3.76. The number of carbonyl (C=O) groups excluding carboxylic acids is 1. The monoisotopic (exact) mass is 273 g/mol. The van der Waals surface area contributed by atoms with E-state index in [1.54, 1.807) is 0 Å². The topological polar surface area (TPSA) is 58.4 Å². The number of nitrogens with zero attached hydrogens (tertiary/aromatic N) is 1. The molecule has 2 aliphatic rings. The zero-order chi connectivity index (χ0) is 14.1. The number of likely N-dealkylation sites (tertiary alicyclic amines) is 1. The molecule has 0 spiro atoms. The maximum Gasteiger partial charge on any atom is 0.238 e. The Morgan fingerprint density at radius 3 is 3.00 bits per heavy atom. The third-order valence-corrected chi connectivity index (χ3v) is 4.66. The summed E-state index contributed by atoms with van der Waals surface area (Å²) in [4.78, 5) is 14.3. The van der Waals surface area contributed by atoms with Crippen LogP contribution >= 0.6 is 0 Å². The molecule has 1 saturated carbocycles. The molecule has 0 radical (unpaired) electrons. The van der Waals surface area contributed by atoms with Gasteiger partial charge in [-0.25, -0.2) is 0 Å². The van der Waals surface area contributed by atoms with Crippen molar-refractivity contribution in [2.24, 2.45) is 17.6 Å². The molecule has 1 amide bonds. The van der Waals surface area contributed by atoms with Crippen LogP contribution in [-0.4, -0.2) is 36.5 Å². The molecule has 3 N–H and O–H groups in total. The Hall–Kier alpha value is -1.39. The van der Waals surface area contributed by atoms with Crippen molar-refractivity contribution in [2.45, 2.75) is 25.8 Å². The lowest BCUT2D eigenvalue weighted by Gasteiger charge is -2.17. The zero-order valence-corrected chi connectivity index (χ0v) is 12.0. The van der Waals surface area contributed by atoms with Gasteiger partial charge in [-0.05, 0) is 49.3 Å². The largest absolute Gasteiger partial charge is 0.327 e. The zero-order valence-electron chi connectivity index (χ0n) is 12.0. The number of anilines is 1. The normalized spacial score (nSPS) is 29.4. The quantitative estimate of drug-likeness (QED) is 0.879. The lowest BCUT2D eigenvalue weighted by molar-refractivity contribution is -0.117. The van der Waals surface area contributed by atoms with Crippen LogP contribution in [0.15, 0.2) is 24.3 Å². The van der Waals surface area contributed by atoms with E-state index in [-0.39, 0.29) is 5.91 Å². The van der Waals surface area contributed by atoms with Crippen LogP contribution in [0.5, 0.6) is 0 Å². The molecule has 3 unspecified atom stereocenters. The molecule has 2 fully saturated rings. The van der Waals surface area contributed by atoms with Crippen molar-refractivity contribution in [3.05, 3.63) is 29.8 Å². The van der Waals surface area contributed by atoms with Gasteiger partial charge in [-0.3, -0.25) is 9.69 Å². The first-order chi connectivity index (χ1) is 9.61. The van der Waals surface area contributed by atoms with Crippen molar-refractivity contribution in [1.82, 2.24) is 4.90 Å². The lowest BCUT2D eigenvalue weighted by atomic mass is 9.98. The minimum absolute atomic E-state index is 0.0733. The maximum absolute atomic E-state index is 12.1.